The van der Waals surface area contributed by atoms with E-state index in [9.17, 15) is 4.39 Å². The summed E-state index contributed by atoms with van der Waals surface area (Å²) in [5.41, 5.74) is 7.22. The van der Waals surface area contributed by atoms with Gasteiger partial charge in [-0.15, -0.1) is 0 Å². The van der Waals surface area contributed by atoms with Crippen LogP contribution < -0.4 is 5.73 Å². The van der Waals surface area contributed by atoms with Crippen LogP contribution in [0.25, 0.3) is 0 Å². The number of thiocarbonyl (C=S) groups is 1. The molecule has 0 aliphatic carbocycles. The fraction of sp³-hybridized carbons (Fsp3) is 0.462. The minimum absolute atomic E-state index is 0.247. The molecule has 1 atom stereocenters. The van der Waals surface area contributed by atoms with Crippen LogP contribution in [0.5, 0.6) is 0 Å². The van der Waals surface area contributed by atoms with Gasteiger partial charge in [0.15, 0.2) is 0 Å². The highest BCUT2D eigenvalue weighted by Crippen LogP contribution is 2.15. The highest BCUT2D eigenvalue weighted by atomic mass is 32.1. The average molecular weight is 254 g/mol. The van der Waals surface area contributed by atoms with Gasteiger partial charge >= 0.3 is 0 Å². The summed E-state index contributed by atoms with van der Waals surface area (Å²) < 4.78 is 13.1. The van der Waals surface area contributed by atoms with Gasteiger partial charge in [-0.3, -0.25) is 4.90 Å². The molecule has 0 bridgehead atoms. The van der Waals surface area contributed by atoms with Crippen LogP contribution >= 0.6 is 12.2 Å². The number of halogens is 1. The van der Waals surface area contributed by atoms with E-state index in [1.807, 2.05) is 7.05 Å². The molecule has 2 N–H and O–H groups in total. The van der Waals surface area contributed by atoms with Gasteiger partial charge in [-0.05, 0) is 38.1 Å². The third-order valence-corrected chi connectivity index (χ3v) is 3.32. The summed E-state index contributed by atoms with van der Waals surface area (Å²) in [6.45, 7) is 5.02. The van der Waals surface area contributed by atoms with E-state index in [1.165, 1.54) is 12.1 Å². The topological polar surface area (TPSA) is 29.3 Å². The molecule has 0 aliphatic heterocycles. The lowest BCUT2D eigenvalue weighted by atomic mass is 10.1. The van der Waals surface area contributed by atoms with Gasteiger partial charge in [-0.2, -0.15) is 0 Å². The maximum atomic E-state index is 13.1. The van der Waals surface area contributed by atoms with E-state index >= 15 is 0 Å². The molecular formula is C13H19FN2S. The van der Waals surface area contributed by atoms with Gasteiger partial charge in [0.05, 0.1) is 0 Å². The lowest BCUT2D eigenvalue weighted by molar-refractivity contribution is 0.243. The summed E-state index contributed by atoms with van der Waals surface area (Å²) in [6, 6.07) is 5.08. The highest BCUT2D eigenvalue weighted by molar-refractivity contribution is 7.80. The first-order valence-electron chi connectivity index (χ1n) is 5.74. The molecule has 0 radical (unpaired) electrons. The Morgan fingerprint density at radius 1 is 1.53 bits per heavy atom. The Balaban J connectivity index is 2.94. The van der Waals surface area contributed by atoms with Crippen molar-refractivity contribution in [2.24, 2.45) is 5.73 Å². The minimum atomic E-state index is -0.303. The van der Waals surface area contributed by atoms with Gasteiger partial charge in [0.1, 0.15) is 10.8 Å². The predicted octanol–water partition coefficient (Wildman–Crippen LogP) is 2.69. The molecule has 1 unspecified atom stereocenters. The number of nitrogens with zero attached hydrogens (tertiary/aromatic N) is 1. The zero-order chi connectivity index (χ0) is 13.0. The van der Waals surface area contributed by atoms with Crippen molar-refractivity contribution in [2.75, 3.05) is 7.05 Å². The van der Waals surface area contributed by atoms with Gasteiger partial charge < -0.3 is 5.73 Å². The molecule has 2 nitrogen and oxygen atoms in total. The summed E-state index contributed by atoms with van der Waals surface area (Å²) in [5.74, 6) is -0.303. The van der Waals surface area contributed by atoms with Crippen molar-refractivity contribution < 1.29 is 4.39 Å². The van der Waals surface area contributed by atoms with Crippen molar-refractivity contribution in [3.8, 4) is 0 Å². The summed E-state index contributed by atoms with van der Waals surface area (Å²) in [5, 5.41) is 0. The van der Waals surface area contributed by atoms with Crippen molar-refractivity contribution in [3.63, 3.8) is 0 Å². The van der Waals surface area contributed by atoms with Crippen LogP contribution in [0.1, 0.15) is 31.4 Å². The summed E-state index contributed by atoms with van der Waals surface area (Å²) in [6.07, 6.45) is 1.07. The van der Waals surface area contributed by atoms with Crippen LogP contribution in [0, 0.1) is 5.82 Å². The van der Waals surface area contributed by atoms with E-state index in [0.29, 0.717) is 11.6 Å². The van der Waals surface area contributed by atoms with E-state index in [2.05, 4.69) is 18.7 Å². The van der Waals surface area contributed by atoms with Crippen LogP contribution in [-0.2, 0) is 6.54 Å². The van der Waals surface area contributed by atoms with Crippen LogP contribution in [0.15, 0.2) is 18.2 Å². The first-order valence-corrected chi connectivity index (χ1v) is 6.15. The molecule has 0 aromatic heterocycles. The zero-order valence-corrected chi connectivity index (χ0v) is 11.4. The lowest BCUT2D eigenvalue weighted by Gasteiger charge is -2.24. The van der Waals surface area contributed by atoms with Crippen molar-refractivity contribution in [1.29, 1.82) is 0 Å². The third-order valence-electron chi connectivity index (χ3n) is 3.10. The van der Waals surface area contributed by atoms with Crippen LogP contribution in [-0.4, -0.2) is 23.0 Å². The SMILES string of the molecule is CCC(C)N(C)Cc1ccc(F)cc1C(N)=S. The van der Waals surface area contributed by atoms with Crippen LogP contribution in [0.4, 0.5) is 4.39 Å². The van der Waals surface area contributed by atoms with Gasteiger partial charge in [0.2, 0.25) is 0 Å². The standard InChI is InChI=1S/C13H19FN2S/c1-4-9(2)16(3)8-10-5-6-11(14)7-12(10)13(15)17/h5-7,9H,4,8H2,1-3H3,(H2,15,17). The number of rotatable bonds is 5. The highest BCUT2D eigenvalue weighted by Gasteiger charge is 2.12. The maximum absolute atomic E-state index is 13.1. The molecule has 94 valence electrons. The number of nitrogens with two attached hydrogens (primary N) is 1. The molecule has 1 rings (SSSR count). The van der Waals surface area contributed by atoms with Gasteiger partial charge in [-0.25, -0.2) is 4.39 Å². The van der Waals surface area contributed by atoms with E-state index < -0.39 is 0 Å². The molecule has 17 heavy (non-hydrogen) atoms. The first kappa shape index (κ1) is 14.1. The van der Waals surface area contributed by atoms with E-state index in [-0.39, 0.29) is 10.8 Å². The van der Waals surface area contributed by atoms with Gasteiger partial charge in [-0.1, -0.05) is 25.2 Å². The molecule has 0 amide bonds. The van der Waals surface area contributed by atoms with Gasteiger partial charge in [0, 0.05) is 18.2 Å². The minimum Gasteiger partial charge on any atom is -0.389 e. The van der Waals surface area contributed by atoms with E-state index in [4.69, 9.17) is 18.0 Å². The largest absolute Gasteiger partial charge is 0.389 e. The van der Waals surface area contributed by atoms with Crippen molar-refractivity contribution in [1.82, 2.24) is 4.90 Å². The molecule has 0 spiro atoms. The predicted molar refractivity (Wildman–Crippen MR) is 73.5 cm³/mol. The first-order chi connectivity index (χ1) is 7.95. The second-order valence-corrected chi connectivity index (χ2v) is 4.78. The molecule has 1 aromatic carbocycles. The van der Waals surface area contributed by atoms with Crippen LogP contribution in [0.3, 0.4) is 0 Å². The fourth-order valence-electron chi connectivity index (χ4n) is 1.65. The fourth-order valence-corrected chi connectivity index (χ4v) is 1.84. The molecule has 1 aromatic rings. The Bertz CT molecular complexity index is 406. The Kier molecular flexibility index (Phi) is 5.02. The van der Waals surface area contributed by atoms with Crippen molar-refractivity contribution >= 4 is 17.2 Å². The summed E-state index contributed by atoms with van der Waals surface area (Å²) in [4.78, 5) is 2.45. The molecule has 0 aliphatic rings. The zero-order valence-electron chi connectivity index (χ0n) is 10.5. The van der Waals surface area contributed by atoms with E-state index in [0.717, 1.165) is 18.5 Å². The maximum Gasteiger partial charge on any atom is 0.123 e. The molecule has 0 saturated carbocycles. The summed E-state index contributed by atoms with van der Waals surface area (Å²) in [7, 11) is 2.04. The number of hydrogen-bond donors (Lipinski definition) is 1. The Morgan fingerprint density at radius 2 is 2.18 bits per heavy atom. The van der Waals surface area contributed by atoms with Crippen molar-refractivity contribution in [3.05, 3.63) is 35.1 Å². The average Bonchev–Trinajstić information content (AvgIpc) is 2.29. The number of benzene rings is 1. The smallest absolute Gasteiger partial charge is 0.123 e. The summed E-state index contributed by atoms with van der Waals surface area (Å²) >= 11 is 4.95. The second-order valence-electron chi connectivity index (χ2n) is 4.34. The normalized spacial score (nSPS) is 12.8. The molecule has 0 heterocycles. The third kappa shape index (κ3) is 3.75. The number of hydrogen-bond acceptors (Lipinski definition) is 2. The van der Waals surface area contributed by atoms with E-state index in [1.54, 1.807) is 6.07 Å². The van der Waals surface area contributed by atoms with Crippen LogP contribution in [0.2, 0.25) is 0 Å². The molecule has 0 fully saturated rings. The molecule has 4 heteroatoms. The Hall–Kier alpha value is -1.00. The quantitative estimate of drug-likeness (QED) is 0.819. The molecule has 0 saturated heterocycles. The second kappa shape index (κ2) is 6.07. The molecular weight excluding hydrogens is 235 g/mol. The lowest BCUT2D eigenvalue weighted by Crippen LogP contribution is -2.29. The Morgan fingerprint density at radius 3 is 2.71 bits per heavy atom. The Labute approximate surface area is 108 Å². The van der Waals surface area contributed by atoms with Gasteiger partial charge in [0.25, 0.3) is 0 Å². The monoisotopic (exact) mass is 254 g/mol. The van der Waals surface area contributed by atoms with Crippen molar-refractivity contribution in [2.45, 2.75) is 32.9 Å².